The first kappa shape index (κ1) is 17.8. The summed E-state index contributed by atoms with van der Waals surface area (Å²) in [6, 6.07) is 6.10. The molecule has 1 amide bonds. The van der Waals surface area contributed by atoms with E-state index in [0.29, 0.717) is 16.8 Å². The van der Waals surface area contributed by atoms with Gasteiger partial charge in [-0.05, 0) is 32.4 Å². The number of nitriles is 1. The number of benzene rings is 1. The lowest BCUT2D eigenvalue weighted by molar-refractivity contribution is -0.385. The second kappa shape index (κ2) is 6.92. The second-order valence-electron chi connectivity index (χ2n) is 5.47. The van der Waals surface area contributed by atoms with Crippen LogP contribution in [0.5, 0.6) is 0 Å². The third-order valence-corrected chi connectivity index (χ3v) is 3.73. The predicted molar refractivity (Wildman–Crippen MR) is 89.1 cm³/mol. The van der Waals surface area contributed by atoms with Crippen molar-refractivity contribution in [3.05, 3.63) is 61.1 Å². The zero-order valence-electron chi connectivity index (χ0n) is 13.9. The molecule has 0 unspecified atom stereocenters. The number of nitrogens with one attached hydrogen (secondary N) is 1. The van der Waals surface area contributed by atoms with Crippen molar-refractivity contribution < 1.29 is 9.72 Å². The molecule has 9 nitrogen and oxygen atoms in total. The molecule has 0 aliphatic heterocycles. The third-order valence-electron chi connectivity index (χ3n) is 3.73. The van der Waals surface area contributed by atoms with E-state index in [-0.39, 0.29) is 16.9 Å². The van der Waals surface area contributed by atoms with Crippen molar-refractivity contribution >= 4 is 17.3 Å². The van der Waals surface area contributed by atoms with Crippen molar-refractivity contribution in [2.24, 2.45) is 0 Å². The minimum atomic E-state index is -0.657. The van der Waals surface area contributed by atoms with Crippen LogP contribution in [-0.2, 0) is 11.3 Å². The van der Waals surface area contributed by atoms with E-state index in [1.165, 1.54) is 18.2 Å². The van der Waals surface area contributed by atoms with Gasteiger partial charge in [-0.3, -0.25) is 19.7 Å². The van der Waals surface area contributed by atoms with Gasteiger partial charge in [0.1, 0.15) is 18.2 Å². The summed E-state index contributed by atoms with van der Waals surface area (Å²) in [7, 11) is 0. The van der Waals surface area contributed by atoms with Crippen LogP contribution in [0.2, 0.25) is 0 Å². The molecule has 0 aliphatic carbocycles. The maximum absolute atomic E-state index is 12.2. The van der Waals surface area contributed by atoms with Crippen molar-refractivity contribution in [2.45, 2.75) is 27.3 Å². The maximum Gasteiger partial charge on any atom is 0.285 e. The van der Waals surface area contributed by atoms with Gasteiger partial charge in [0.15, 0.2) is 0 Å². The zero-order valence-corrected chi connectivity index (χ0v) is 13.9. The molecule has 128 valence electrons. The minimum Gasteiger partial charge on any atom is -0.324 e. The summed E-state index contributed by atoms with van der Waals surface area (Å²) in [6.45, 7) is 4.42. The molecule has 25 heavy (non-hydrogen) atoms. The van der Waals surface area contributed by atoms with E-state index in [4.69, 9.17) is 5.26 Å². The summed E-state index contributed by atoms with van der Waals surface area (Å²) in [6.07, 6.45) is 0. The standard InChI is InChI=1S/C16H15N5O4/c1-9-4-5-12(6-14(9)21(24)25)18-15(22)8-20-16(23)13(7-17)10(2)11(3)19-20/h4-6H,8H2,1-3H3,(H,18,22). The molecule has 0 radical (unpaired) electrons. The van der Waals surface area contributed by atoms with Gasteiger partial charge < -0.3 is 5.32 Å². The summed E-state index contributed by atoms with van der Waals surface area (Å²) in [5.74, 6) is -0.583. The lowest BCUT2D eigenvalue weighted by Gasteiger charge is -2.10. The molecular weight excluding hydrogens is 326 g/mol. The first-order valence-corrected chi connectivity index (χ1v) is 7.28. The van der Waals surface area contributed by atoms with E-state index in [1.807, 2.05) is 6.07 Å². The van der Waals surface area contributed by atoms with Crippen molar-refractivity contribution in [2.75, 3.05) is 5.32 Å². The van der Waals surface area contributed by atoms with Crippen LogP contribution < -0.4 is 10.9 Å². The van der Waals surface area contributed by atoms with E-state index in [1.54, 1.807) is 20.8 Å². The van der Waals surface area contributed by atoms with Gasteiger partial charge >= 0.3 is 0 Å². The van der Waals surface area contributed by atoms with Crippen molar-refractivity contribution in [1.29, 1.82) is 5.26 Å². The van der Waals surface area contributed by atoms with E-state index in [2.05, 4.69) is 10.4 Å². The number of hydrogen-bond acceptors (Lipinski definition) is 6. The van der Waals surface area contributed by atoms with Gasteiger partial charge in [0.2, 0.25) is 5.91 Å². The average Bonchev–Trinajstić information content (AvgIpc) is 2.54. The topological polar surface area (TPSA) is 131 Å². The molecular formula is C16H15N5O4. The Morgan fingerprint density at radius 1 is 1.40 bits per heavy atom. The van der Waals surface area contributed by atoms with Gasteiger partial charge in [-0.25, -0.2) is 4.68 Å². The van der Waals surface area contributed by atoms with Crippen LogP contribution in [0.1, 0.15) is 22.4 Å². The molecule has 2 rings (SSSR count). The number of hydrogen-bond donors (Lipinski definition) is 1. The van der Waals surface area contributed by atoms with Crippen LogP contribution in [0.25, 0.3) is 0 Å². The monoisotopic (exact) mass is 341 g/mol. The first-order valence-electron chi connectivity index (χ1n) is 7.28. The number of carbonyl (C=O) groups excluding carboxylic acids is 1. The molecule has 1 heterocycles. The van der Waals surface area contributed by atoms with Crippen LogP contribution in [-0.4, -0.2) is 20.6 Å². The Hall–Kier alpha value is -3.54. The van der Waals surface area contributed by atoms with Crippen LogP contribution >= 0.6 is 0 Å². The maximum atomic E-state index is 12.2. The quantitative estimate of drug-likeness (QED) is 0.663. The van der Waals surface area contributed by atoms with Crippen LogP contribution in [0, 0.1) is 42.2 Å². The number of nitro groups is 1. The van der Waals surface area contributed by atoms with E-state index < -0.39 is 22.9 Å². The highest BCUT2D eigenvalue weighted by atomic mass is 16.6. The fourth-order valence-electron chi connectivity index (χ4n) is 2.23. The number of nitrogens with zero attached hydrogens (tertiary/aromatic N) is 4. The van der Waals surface area contributed by atoms with Crippen LogP contribution in [0.15, 0.2) is 23.0 Å². The Bertz CT molecular complexity index is 972. The fourth-order valence-corrected chi connectivity index (χ4v) is 2.23. The Morgan fingerprint density at radius 2 is 2.08 bits per heavy atom. The van der Waals surface area contributed by atoms with Gasteiger partial charge in [0, 0.05) is 17.3 Å². The van der Waals surface area contributed by atoms with Crippen molar-refractivity contribution in [3.8, 4) is 6.07 Å². The van der Waals surface area contributed by atoms with Crippen LogP contribution in [0.3, 0.4) is 0 Å². The molecule has 0 aliphatic rings. The highest BCUT2D eigenvalue weighted by Gasteiger charge is 2.15. The lowest BCUT2D eigenvalue weighted by atomic mass is 10.1. The summed E-state index contributed by atoms with van der Waals surface area (Å²) >= 11 is 0. The molecule has 0 saturated carbocycles. The molecule has 1 aromatic heterocycles. The summed E-state index contributed by atoms with van der Waals surface area (Å²) < 4.78 is 0.902. The molecule has 0 atom stereocenters. The van der Waals surface area contributed by atoms with Gasteiger partial charge in [0.05, 0.1) is 10.6 Å². The third kappa shape index (κ3) is 3.69. The molecule has 1 aromatic carbocycles. The smallest absolute Gasteiger partial charge is 0.285 e. The van der Waals surface area contributed by atoms with Gasteiger partial charge in [-0.1, -0.05) is 6.07 Å². The summed E-state index contributed by atoms with van der Waals surface area (Å²) in [5, 5.41) is 26.5. The van der Waals surface area contributed by atoms with Gasteiger partial charge in [-0.2, -0.15) is 10.4 Å². The number of amides is 1. The Balaban J connectivity index is 2.26. The number of aryl methyl sites for hydroxylation is 2. The molecule has 2 aromatic rings. The normalized spacial score (nSPS) is 10.2. The zero-order chi connectivity index (χ0) is 18.7. The Kier molecular flexibility index (Phi) is 4.93. The molecule has 9 heteroatoms. The van der Waals surface area contributed by atoms with E-state index >= 15 is 0 Å². The Morgan fingerprint density at radius 3 is 2.68 bits per heavy atom. The molecule has 0 fully saturated rings. The Labute approximate surface area is 142 Å². The fraction of sp³-hybridized carbons (Fsp3) is 0.250. The van der Waals surface area contributed by atoms with E-state index in [9.17, 15) is 19.7 Å². The average molecular weight is 341 g/mol. The SMILES string of the molecule is Cc1ccc(NC(=O)Cn2nc(C)c(C)c(C#N)c2=O)cc1[N+](=O)[O-]. The predicted octanol–water partition coefficient (Wildman–Crippen LogP) is 1.59. The van der Waals surface area contributed by atoms with Crippen LogP contribution in [0.4, 0.5) is 11.4 Å². The van der Waals surface area contributed by atoms with Crippen molar-refractivity contribution in [3.63, 3.8) is 0 Å². The molecule has 0 saturated heterocycles. The highest BCUT2D eigenvalue weighted by molar-refractivity contribution is 5.90. The molecule has 0 spiro atoms. The number of carbonyl (C=O) groups is 1. The van der Waals surface area contributed by atoms with E-state index in [0.717, 1.165) is 4.68 Å². The first-order chi connectivity index (χ1) is 11.7. The number of aromatic nitrogens is 2. The minimum absolute atomic E-state index is 0.0636. The molecule has 0 bridgehead atoms. The molecule has 1 N–H and O–H groups in total. The van der Waals surface area contributed by atoms with Gasteiger partial charge in [0.25, 0.3) is 11.2 Å². The number of rotatable bonds is 4. The second-order valence-corrected chi connectivity index (χ2v) is 5.47. The summed E-state index contributed by atoms with van der Waals surface area (Å²) in [5.41, 5.74) is 0.801. The summed E-state index contributed by atoms with van der Waals surface area (Å²) in [4.78, 5) is 34.7. The number of anilines is 1. The highest BCUT2D eigenvalue weighted by Crippen LogP contribution is 2.22. The van der Waals surface area contributed by atoms with Gasteiger partial charge in [-0.15, -0.1) is 0 Å². The number of nitro benzene ring substituents is 1. The lowest BCUT2D eigenvalue weighted by Crippen LogP contribution is -2.32. The van der Waals surface area contributed by atoms with Crippen molar-refractivity contribution in [1.82, 2.24) is 9.78 Å². The largest absolute Gasteiger partial charge is 0.324 e.